The predicted molar refractivity (Wildman–Crippen MR) is 122 cm³/mol. The summed E-state index contributed by atoms with van der Waals surface area (Å²) in [5, 5.41) is 0. The van der Waals surface area contributed by atoms with Crippen molar-refractivity contribution < 1.29 is 27.3 Å². The van der Waals surface area contributed by atoms with E-state index in [-0.39, 0.29) is 23.0 Å². The minimum atomic E-state index is -0.308. The first-order valence-electron chi connectivity index (χ1n) is 10.7. The summed E-state index contributed by atoms with van der Waals surface area (Å²) in [6, 6.07) is 10.7. The molecule has 6 rings (SSSR count). The maximum absolute atomic E-state index is 13.4. The Hall–Kier alpha value is -4.46. The Bertz CT molecular complexity index is 1440. The third kappa shape index (κ3) is 2.65. The average molecular weight is 456 g/mol. The first-order valence-corrected chi connectivity index (χ1v) is 10.7. The summed E-state index contributed by atoms with van der Waals surface area (Å²) in [6.07, 6.45) is 3.18. The van der Waals surface area contributed by atoms with E-state index in [1.54, 1.807) is 50.9 Å². The molecule has 0 unspecified atom stereocenters. The molecule has 0 spiro atoms. The summed E-state index contributed by atoms with van der Waals surface area (Å²) in [5.41, 5.74) is 3.25. The van der Waals surface area contributed by atoms with E-state index in [4.69, 9.17) is 17.7 Å². The van der Waals surface area contributed by atoms with Crippen molar-refractivity contribution in [3.8, 4) is 23.0 Å². The molecule has 34 heavy (non-hydrogen) atoms. The fourth-order valence-electron chi connectivity index (χ4n) is 4.53. The van der Waals surface area contributed by atoms with Gasteiger partial charge in [0, 0.05) is 14.1 Å². The number of furan rings is 4. The molecule has 0 atom stereocenters. The highest BCUT2D eigenvalue weighted by molar-refractivity contribution is 6.29. The summed E-state index contributed by atoms with van der Waals surface area (Å²) in [7, 11) is 3.25. The lowest BCUT2D eigenvalue weighted by Crippen LogP contribution is -2.25. The van der Waals surface area contributed by atoms with Gasteiger partial charge < -0.3 is 27.5 Å². The molecule has 0 bridgehead atoms. The highest BCUT2D eigenvalue weighted by Crippen LogP contribution is 2.46. The summed E-state index contributed by atoms with van der Waals surface area (Å²) in [4.78, 5) is 29.6. The van der Waals surface area contributed by atoms with E-state index in [1.165, 1.54) is 9.80 Å². The number of aryl methyl sites for hydroxylation is 2. The maximum atomic E-state index is 13.4. The number of hydrogen-bond acceptors (Lipinski definition) is 6. The van der Waals surface area contributed by atoms with Gasteiger partial charge in [-0.05, 0) is 61.4 Å². The van der Waals surface area contributed by atoms with Crippen LogP contribution >= 0.6 is 0 Å². The van der Waals surface area contributed by atoms with Crippen LogP contribution < -0.4 is 0 Å². The smallest absolute Gasteiger partial charge is 0.261 e. The number of carbonyl (C=O) groups is 2. The fraction of sp³-hybridized carbons (Fsp3) is 0.154. The first kappa shape index (κ1) is 20.2. The molecule has 0 radical (unpaired) electrons. The van der Waals surface area contributed by atoms with Gasteiger partial charge in [-0.25, -0.2) is 0 Å². The van der Waals surface area contributed by atoms with Gasteiger partial charge in [-0.3, -0.25) is 9.59 Å². The third-order valence-corrected chi connectivity index (χ3v) is 6.28. The number of rotatable bonds is 4. The van der Waals surface area contributed by atoms with Gasteiger partial charge in [0.2, 0.25) is 0 Å². The third-order valence-electron chi connectivity index (χ3n) is 6.28. The van der Waals surface area contributed by atoms with Crippen LogP contribution in [-0.2, 0) is 9.59 Å². The van der Waals surface area contributed by atoms with Crippen LogP contribution in [0.1, 0.15) is 22.6 Å². The fourth-order valence-corrected chi connectivity index (χ4v) is 4.53. The minimum Gasteiger partial charge on any atom is -0.461 e. The van der Waals surface area contributed by atoms with Crippen molar-refractivity contribution in [1.29, 1.82) is 0 Å². The van der Waals surface area contributed by atoms with Crippen LogP contribution in [0.5, 0.6) is 0 Å². The van der Waals surface area contributed by atoms with Crippen LogP contribution in [0.15, 0.2) is 77.7 Å². The Balaban J connectivity index is 1.49. The monoisotopic (exact) mass is 456 g/mol. The zero-order chi connectivity index (χ0) is 23.7. The lowest BCUT2D eigenvalue weighted by molar-refractivity contribution is -0.123. The van der Waals surface area contributed by atoms with E-state index in [1.807, 2.05) is 26.0 Å². The number of nitrogens with zero attached hydrogens (tertiary/aromatic N) is 2. The molecule has 0 aliphatic carbocycles. The van der Waals surface area contributed by atoms with E-state index in [9.17, 15) is 9.59 Å². The number of fused-ring (bicyclic) bond motifs is 1. The minimum absolute atomic E-state index is 0.286. The predicted octanol–water partition coefficient (Wildman–Crippen LogP) is 5.08. The first-order chi connectivity index (χ1) is 16.4. The highest BCUT2D eigenvalue weighted by Gasteiger charge is 2.48. The number of amides is 2. The van der Waals surface area contributed by atoms with Gasteiger partial charge >= 0.3 is 0 Å². The van der Waals surface area contributed by atoms with Gasteiger partial charge in [-0.2, -0.15) is 0 Å². The largest absolute Gasteiger partial charge is 0.461 e. The van der Waals surface area contributed by atoms with Crippen molar-refractivity contribution >= 4 is 23.2 Å². The molecule has 170 valence electrons. The van der Waals surface area contributed by atoms with E-state index in [0.717, 1.165) is 11.1 Å². The number of hydrogen-bond donors (Lipinski definition) is 0. The summed E-state index contributed by atoms with van der Waals surface area (Å²) in [5.74, 6) is 2.44. The molecule has 0 saturated carbocycles. The summed E-state index contributed by atoms with van der Waals surface area (Å²) < 4.78 is 23.1. The van der Waals surface area contributed by atoms with Crippen molar-refractivity contribution in [1.82, 2.24) is 9.80 Å². The molecule has 8 nitrogen and oxygen atoms in total. The van der Waals surface area contributed by atoms with Gasteiger partial charge in [0.15, 0.2) is 34.6 Å². The zero-order valence-electron chi connectivity index (χ0n) is 19.0. The molecule has 0 N–H and O–H groups in total. The summed E-state index contributed by atoms with van der Waals surface area (Å²) >= 11 is 0. The van der Waals surface area contributed by atoms with Crippen LogP contribution in [0, 0.1) is 13.8 Å². The maximum Gasteiger partial charge on any atom is 0.261 e. The van der Waals surface area contributed by atoms with E-state index < -0.39 is 0 Å². The molecule has 2 aliphatic heterocycles. The van der Waals surface area contributed by atoms with Crippen LogP contribution in [0.4, 0.5) is 0 Å². The molecule has 2 aliphatic rings. The molecule has 0 fully saturated rings. The molecular weight excluding hydrogens is 436 g/mol. The van der Waals surface area contributed by atoms with Crippen molar-refractivity contribution in [3.63, 3.8) is 0 Å². The Morgan fingerprint density at radius 2 is 0.971 bits per heavy atom. The second-order valence-electron chi connectivity index (χ2n) is 8.37. The summed E-state index contributed by atoms with van der Waals surface area (Å²) in [6.45, 7) is 3.83. The average Bonchev–Trinajstić information content (AvgIpc) is 3.63. The van der Waals surface area contributed by atoms with E-state index in [0.29, 0.717) is 46.0 Å². The number of likely N-dealkylation sites (N-methyl/N-ethyl adjacent to an activating group) is 2. The normalized spacial score (nSPS) is 16.0. The van der Waals surface area contributed by atoms with Gasteiger partial charge in [0.1, 0.15) is 11.4 Å². The number of carbonyl (C=O) groups excluding carboxylic acids is 2. The molecule has 4 aromatic heterocycles. The van der Waals surface area contributed by atoms with Crippen LogP contribution in [-0.4, -0.2) is 35.7 Å². The van der Waals surface area contributed by atoms with Gasteiger partial charge in [0.05, 0.1) is 23.7 Å². The molecule has 2 amide bonds. The Morgan fingerprint density at radius 1 is 0.588 bits per heavy atom. The molecule has 0 aromatic carbocycles. The lowest BCUT2D eigenvalue weighted by Gasteiger charge is -2.17. The van der Waals surface area contributed by atoms with Crippen LogP contribution in [0.25, 0.3) is 34.4 Å². The van der Waals surface area contributed by atoms with Crippen molar-refractivity contribution in [2.45, 2.75) is 13.8 Å². The second kappa shape index (κ2) is 7.02. The Kier molecular flexibility index (Phi) is 4.16. The van der Waals surface area contributed by atoms with Crippen molar-refractivity contribution in [2.75, 3.05) is 14.1 Å². The van der Waals surface area contributed by atoms with Gasteiger partial charge in [-0.15, -0.1) is 0 Å². The van der Waals surface area contributed by atoms with Gasteiger partial charge in [0.25, 0.3) is 11.8 Å². The zero-order valence-corrected chi connectivity index (χ0v) is 19.0. The topological polar surface area (TPSA) is 93.2 Å². The van der Waals surface area contributed by atoms with Crippen LogP contribution in [0.3, 0.4) is 0 Å². The molecule has 0 saturated heterocycles. The molecule has 8 heteroatoms. The standard InChI is InChI=1S/C26H20N2O6/c1-13-9-11-31-23(13)17-7-5-15(33-17)21-19-20(26(30)27(21)3)22(28(4)25(19)29)16-6-8-18(34-16)24-14(2)10-12-32-24/h5-12H,1-4H3. The SMILES string of the molecule is Cc1ccoc1-c1ccc(C2=C3C(=O)N(C)C(c4ccc(-c5occc5C)o4)=C3C(=O)N2C)o1. The van der Waals surface area contributed by atoms with E-state index >= 15 is 0 Å². The van der Waals surface area contributed by atoms with Crippen molar-refractivity contribution in [3.05, 3.63) is 82.7 Å². The lowest BCUT2D eigenvalue weighted by atomic mass is 10.1. The van der Waals surface area contributed by atoms with Crippen LogP contribution in [0.2, 0.25) is 0 Å². The second-order valence-corrected chi connectivity index (χ2v) is 8.37. The molecule has 4 aromatic rings. The molecule has 6 heterocycles. The van der Waals surface area contributed by atoms with Gasteiger partial charge in [-0.1, -0.05) is 0 Å². The van der Waals surface area contributed by atoms with Crippen molar-refractivity contribution in [2.24, 2.45) is 0 Å². The molecular formula is C26H20N2O6. The van der Waals surface area contributed by atoms with E-state index in [2.05, 4.69) is 0 Å². The Morgan fingerprint density at radius 3 is 1.32 bits per heavy atom. The Labute approximate surface area is 194 Å². The highest BCUT2D eigenvalue weighted by atomic mass is 16.4. The quantitative estimate of drug-likeness (QED) is 0.425.